The van der Waals surface area contributed by atoms with Gasteiger partial charge in [0.25, 0.3) is 0 Å². The van der Waals surface area contributed by atoms with Gasteiger partial charge in [0.1, 0.15) is 12.4 Å². The maximum atomic E-state index is 13.2. The van der Waals surface area contributed by atoms with Gasteiger partial charge in [0.2, 0.25) is 0 Å². The average Bonchev–Trinajstić information content (AvgIpc) is 3.18. The molecule has 1 aromatic carbocycles. The molecule has 0 aliphatic carbocycles. The molecule has 8 heteroatoms. The van der Waals surface area contributed by atoms with Gasteiger partial charge in [-0.1, -0.05) is 0 Å². The third-order valence-corrected chi connectivity index (χ3v) is 4.87. The van der Waals surface area contributed by atoms with E-state index >= 15 is 0 Å². The van der Waals surface area contributed by atoms with Crippen LogP contribution in [0.4, 0.5) is 8.78 Å². The summed E-state index contributed by atoms with van der Waals surface area (Å²) in [7, 11) is 0. The molecule has 2 aliphatic rings. The highest BCUT2D eigenvalue weighted by Gasteiger charge is 2.30. The molecule has 1 N–H and O–H groups in total. The molecule has 0 aromatic heterocycles. The normalized spacial score (nSPS) is 21.5. The minimum Gasteiger partial charge on any atom is -0.492 e. The predicted octanol–water partition coefficient (Wildman–Crippen LogP) is 1.72. The molecular formula is C19H28F2N4O2. The number of hydrogen-bond donors (Lipinski definition) is 1. The lowest BCUT2D eigenvalue weighted by molar-refractivity contribution is 0.0195. The fraction of sp³-hybridized carbons (Fsp3) is 0.632. The first kappa shape index (κ1) is 19.8. The first-order valence-electron chi connectivity index (χ1n) is 9.60. The van der Waals surface area contributed by atoms with Gasteiger partial charge in [-0.15, -0.1) is 0 Å². The largest absolute Gasteiger partial charge is 0.492 e. The van der Waals surface area contributed by atoms with Gasteiger partial charge >= 0.3 is 0 Å². The van der Waals surface area contributed by atoms with Crippen molar-refractivity contribution in [1.82, 2.24) is 15.1 Å². The smallest absolute Gasteiger partial charge is 0.194 e. The fourth-order valence-corrected chi connectivity index (χ4v) is 3.48. The van der Waals surface area contributed by atoms with Crippen LogP contribution in [0.1, 0.15) is 13.3 Å². The molecule has 6 nitrogen and oxygen atoms in total. The van der Waals surface area contributed by atoms with Crippen LogP contribution in [0.15, 0.2) is 23.2 Å². The maximum absolute atomic E-state index is 13.2. The van der Waals surface area contributed by atoms with Crippen molar-refractivity contribution in [2.45, 2.75) is 19.4 Å². The van der Waals surface area contributed by atoms with Crippen LogP contribution in [-0.2, 0) is 4.74 Å². The Morgan fingerprint density at radius 3 is 2.81 bits per heavy atom. The predicted molar refractivity (Wildman–Crippen MR) is 100 cm³/mol. The Hall–Kier alpha value is -1.93. The van der Waals surface area contributed by atoms with Gasteiger partial charge in [0.05, 0.1) is 19.8 Å². The van der Waals surface area contributed by atoms with Gasteiger partial charge in [0.15, 0.2) is 17.6 Å². The van der Waals surface area contributed by atoms with Crippen molar-refractivity contribution in [1.29, 1.82) is 0 Å². The molecule has 3 rings (SSSR count). The van der Waals surface area contributed by atoms with Crippen LogP contribution in [-0.4, -0.2) is 80.9 Å². The quantitative estimate of drug-likeness (QED) is 0.461. The molecule has 27 heavy (non-hydrogen) atoms. The number of rotatable bonds is 6. The van der Waals surface area contributed by atoms with Crippen molar-refractivity contribution < 1.29 is 18.3 Å². The fourth-order valence-electron chi connectivity index (χ4n) is 3.48. The van der Waals surface area contributed by atoms with E-state index in [4.69, 9.17) is 9.47 Å². The van der Waals surface area contributed by atoms with Crippen molar-refractivity contribution in [3.8, 4) is 5.75 Å². The van der Waals surface area contributed by atoms with E-state index in [1.807, 2.05) is 6.92 Å². The molecule has 1 unspecified atom stereocenters. The summed E-state index contributed by atoms with van der Waals surface area (Å²) in [5.41, 5.74) is 0. The highest BCUT2D eigenvalue weighted by atomic mass is 19.2. The van der Waals surface area contributed by atoms with Crippen LogP contribution < -0.4 is 10.1 Å². The number of likely N-dealkylation sites (tertiary alicyclic amines) is 1. The molecule has 0 bridgehead atoms. The van der Waals surface area contributed by atoms with Gasteiger partial charge in [0, 0.05) is 44.8 Å². The standard InChI is InChI=1S/C19H28F2N4O2/c1-2-22-19(23-6-10-27-16-3-4-17(20)18(21)13-16)25-7-5-15(14-25)24-8-11-26-12-9-24/h3-4,13,15H,2,5-12,14H2,1H3,(H,22,23). The Morgan fingerprint density at radius 1 is 1.26 bits per heavy atom. The number of ether oxygens (including phenoxy) is 2. The summed E-state index contributed by atoms with van der Waals surface area (Å²) < 4.78 is 37.0. The zero-order valence-electron chi connectivity index (χ0n) is 15.8. The van der Waals surface area contributed by atoms with Crippen molar-refractivity contribution in [3.05, 3.63) is 29.8 Å². The molecule has 0 amide bonds. The first-order valence-corrected chi connectivity index (χ1v) is 9.60. The van der Waals surface area contributed by atoms with Crippen molar-refractivity contribution in [2.75, 3.05) is 59.1 Å². The minimum atomic E-state index is -0.907. The number of nitrogens with zero attached hydrogens (tertiary/aromatic N) is 3. The van der Waals surface area contributed by atoms with E-state index in [1.165, 1.54) is 6.07 Å². The molecule has 0 spiro atoms. The van der Waals surface area contributed by atoms with Crippen LogP contribution in [0.25, 0.3) is 0 Å². The molecule has 2 heterocycles. The third kappa shape index (κ3) is 5.52. The molecule has 1 aromatic rings. The Balaban J connectivity index is 1.49. The van der Waals surface area contributed by atoms with Gasteiger partial charge in [-0.05, 0) is 25.5 Å². The number of guanidine groups is 1. The average molecular weight is 382 g/mol. The SMILES string of the molecule is CCNC(=NCCOc1ccc(F)c(F)c1)N1CCC(N2CCOCC2)C1. The lowest BCUT2D eigenvalue weighted by atomic mass is 10.2. The molecule has 2 saturated heterocycles. The van der Waals surface area contributed by atoms with Gasteiger partial charge < -0.3 is 19.7 Å². The van der Waals surface area contributed by atoms with Crippen LogP contribution in [0.5, 0.6) is 5.75 Å². The van der Waals surface area contributed by atoms with Crippen LogP contribution in [0.3, 0.4) is 0 Å². The summed E-state index contributed by atoms with van der Waals surface area (Å²) in [6.45, 7) is 9.12. The second kappa shape index (κ2) is 9.85. The van der Waals surface area contributed by atoms with E-state index in [0.29, 0.717) is 24.9 Å². The highest BCUT2D eigenvalue weighted by molar-refractivity contribution is 5.80. The molecule has 2 fully saturated rings. The Kier molecular flexibility index (Phi) is 7.23. The lowest BCUT2D eigenvalue weighted by Gasteiger charge is -2.32. The Bertz CT molecular complexity index is 638. The van der Waals surface area contributed by atoms with Gasteiger partial charge in [-0.2, -0.15) is 0 Å². The van der Waals surface area contributed by atoms with E-state index < -0.39 is 11.6 Å². The second-order valence-corrected chi connectivity index (χ2v) is 6.70. The van der Waals surface area contributed by atoms with Crippen molar-refractivity contribution in [3.63, 3.8) is 0 Å². The number of aliphatic imine (C=N–C) groups is 1. The first-order chi connectivity index (χ1) is 13.2. The minimum absolute atomic E-state index is 0.306. The highest BCUT2D eigenvalue weighted by Crippen LogP contribution is 2.17. The number of nitrogens with one attached hydrogen (secondary N) is 1. The molecule has 1 atom stereocenters. The Labute approximate surface area is 159 Å². The number of hydrogen-bond acceptors (Lipinski definition) is 4. The monoisotopic (exact) mass is 382 g/mol. The summed E-state index contributed by atoms with van der Waals surface area (Å²) in [5, 5.41) is 3.33. The zero-order chi connectivity index (χ0) is 19.1. The number of morpholine rings is 1. The lowest BCUT2D eigenvalue weighted by Crippen LogP contribution is -2.46. The van der Waals surface area contributed by atoms with E-state index in [2.05, 4.69) is 20.1 Å². The topological polar surface area (TPSA) is 49.3 Å². The van der Waals surface area contributed by atoms with E-state index in [9.17, 15) is 8.78 Å². The van der Waals surface area contributed by atoms with Gasteiger partial charge in [-0.3, -0.25) is 4.90 Å². The molecule has 2 aliphatic heterocycles. The summed E-state index contributed by atoms with van der Waals surface area (Å²) in [4.78, 5) is 9.40. The van der Waals surface area contributed by atoms with Gasteiger partial charge in [-0.25, -0.2) is 13.8 Å². The second-order valence-electron chi connectivity index (χ2n) is 6.70. The van der Waals surface area contributed by atoms with Crippen LogP contribution in [0, 0.1) is 11.6 Å². The van der Waals surface area contributed by atoms with Crippen LogP contribution >= 0.6 is 0 Å². The molecule has 0 radical (unpaired) electrons. The molecular weight excluding hydrogens is 354 g/mol. The summed E-state index contributed by atoms with van der Waals surface area (Å²) in [6, 6.07) is 4.07. The molecule has 150 valence electrons. The summed E-state index contributed by atoms with van der Waals surface area (Å²) in [5.74, 6) is -0.598. The zero-order valence-corrected chi connectivity index (χ0v) is 15.8. The Morgan fingerprint density at radius 2 is 2.07 bits per heavy atom. The number of benzene rings is 1. The van der Waals surface area contributed by atoms with Crippen molar-refractivity contribution >= 4 is 5.96 Å². The molecule has 0 saturated carbocycles. The van der Waals surface area contributed by atoms with E-state index in [0.717, 1.165) is 70.5 Å². The van der Waals surface area contributed by atoms with E-state index in [1.54, 1.807) is 0 Å². The third-order valence-electron chi connectivity index (χ3n) is 4.87. The maximum Gasteiger partial charge on any atom is 0.194 e. The van der Waals surface area contributed by atoms with E-state index in [-0.39, 0.29) is 0 Å². The van der Waals surface area contributed by atoms with Crippen LogP contribution in [0.2, 0.25) is 0 Å². The van der Waals surface area contributed by atoms with Crippen molar-refractivity contribution in [2.24, 2.45) is 4.99 Å². The summed E-state index contributed by atoms with van der Waals surface area (Å²) in [6.07, 6.45) is 1.12. The number of halogens is 2. The summed E-state index contributed by atoms with van der Waals surface area (Å²) >= 11 is 0.